The van der Waals surface area contributed by atoms with E-state index in [1.165, 1.54) is 6.07 Å². The van der Waals surface area contributed by atoms with Gasteiger partial charge in [0.25, 0.3) is 0 Å². The number of anilines is 3. The molecule has 0 bridgehead atoms. The van der Waals surface area contributed by atoms with Crippen LogP contribution in [0, 0.1) is 0 Å². The van der Waals surface area contributed by atoms with Gasteiger partial charge in [-0.25, -0.2) is 14.8 Å². The molecule has 5 heterocycles. The highest BCUT2D eigenvalue weighted by molar-refractivity contribution is 6.31. The second-order valence-electron chi connectivity index (χ2n) is 12.5. The molecular weight excluding hydrogens is 700 g/mol. The molecular formula is C43H31ClN6O4. The van der Waals surface area contributed by atoms with Crippen LogP contribution in [0.1, 0.15) is 27.3 Å². The van der Waals surface area contributed by atoms with Crippen molar-refractivity contribution < 1.29 is 14.3 Å². The lowest BCUT2D eigenvalue weighted by Gasteiger charge is -2.28. The lowest BCUT2D eigenvalue weighted by Crippen LogP contribution is -2.25. The molecule has 2 aliphatic rings. The third kappa shape index (κ3) is 6.85. The maximum Gasteiger partial charge on any atom is 0.336 e. The van der Waals surface area contributed by atoms with Gasteiger partial charge in [-0.1, -0.05) is 54.1 Å². The van der Waals surface area contributed by atoms with Crippen molar-refractivity contribution in [3.05, 3.63) is 184 Å². The van der Waals surface area contributed by atoms with E-state index in [1.54, 1.807) is 72.2 Å². The third-order valence-electron chi connectivity index (χ3n) is 9.05. The van der Waals surface area contributed by atoms with E-state index in [2.05, 4.69) is 24.8 Å². The Kier molecular flexibility index (Phi) is 9.49. The first-order valence-electron chi connectivity index (χ1n) is 17.1. The molecule has 1 N–H and O–H groups in total. The van der Waals surface area contributed by atoms with Crippen LogP contribution < -0.4 is 15.2 Å². The number of carbonyl (C=O) groups is 1. The minimum Gasteiger partial charge on any atom is -0.478 e. The van der Waals surface area contributed by atoms with Gasteiger partial charge in [-0.15, -0.1) is 0 Å². The fraction of sp³-hybridized carbons (Fsp3) is 0.0698. The Hall–Kier alpha value is -6.91. The maximum absolute atomic E-state index is 14.2. The molecule has 0 amide bonds. The number of hydrogen-bond acceptors (Lipinski definition) is 9. The van der Waals surface area contributed by atoms with Crippen LogP contribution in [0.2, 0.25) is 5.02 Å². The van der Waals surface area contributed by atoms with Crippen LogP contribution in [-0.2, 0) is 19.6 Å². The van der Waals surface area contributed by atoms with E-state index in [1.807, 2.05) is 72.8 Å². The molecule has 0 unspecified atom stereocenters. The number of carboxylic acid groups (broad SMARTS) is 1. The molecule has 0 saturated heterocycles. The fourth-order valence-electron chi connectivity index (χ4n) is 6.70. The topological polar surface area (TPSA) is 126 Å². The van der Waals surface area contributed by atoms with Crippen molar-refractivity contribution in [3.8, 4) is 22.5 Å². The summed E-state index contributed by atoms with van der Waals surface area (Å²) >= 11 is 6.93. The van der Waals surface area contributed by atoms with Gasteiger partial charge in [0, 0.05) is 58.4 Å². The summed E-state index contributed by atoms with van der Waals surface area (Å²) in [5.74, 6) is 0.360. The lowest BCUT2D eigenvalue weighted by molar-refractivity contribution is 0.0697. The zero-order valence-electron chi connectivity index (χ0n) is 28.7. The first-order chi connectivity index (χ1) is 26.4. The van der Waals surface area contributed by atoms with Crippen molar-refractivity contribution in [1.82, 2.24) is 19.9 Å². The van der Waals surface area contributed by atoms with Crippen LogP contribution >= 0.6 is 11.6 Å². The monoisotopic (exact) mass is 730 g/mol. The molecule has 0 atom stereocenters. The standard InChI is InChI=1S/C43H31ClN6O4/c44-29-23-28(25-49(37-15-5-9-21-47-37)26-30-11-3-7-19-45-30)41-35(24-29)39(32-13-1-2-14-33(32)43(52)53)34-17-18-36(51)40(42(34)54-41)50(38-16-6-10-22-48-38)27-31-12-4-8-20-46-31/h1-24H,25-27H2,(H,52,53). The quantitative estimate of drug-likeness (QED) is 0.129. The number of nitrogens with zero attached hydrogens (tertiary/aromatic N) is 6. The minimum atomic E-state index is -1.10. The molecule has 1 aliphatic carbocycles. The van der Waals surface area contributed by atoms with E-state index in [0.29, 0.717) is 62.1 Å². The van der Waals surface area contributed by atoms with Gasteiger partial charge in [0.15, 0.2) is 5.76 Å². The Morgan fingerprint density at radius 2 is 1.30 bits per heavy atom. The molecule has 264 valence electrons. The van der Waals surface area contributed by atoms with Crippen molar-refractivity contribution >= 4 is 45.9 Å². The average Bonchev–Trinajstić information content (AvgIpc) is 3.20. The van der Waals surface area contributed by atoms with Gasteiger partial charge in [0.2, 0.25) is 5.43 Å². The molecule has 0 saturated carbocycles. The van der Waals surface area contributed by atoms with Crippen LogP contribution in [0.3, 0.4) is 0 Å². The molecule has 8 rings (SSSR count). The number of benzene rings is 3. The Morgan fingerprint density at radius 3 is 1.94 bits per heavy atom. The molecule has 6 aromatic rings. The normalized spacial score (nSPS) is 11.1. The minimum absolute atomic E-state index is 0.0842. The SMILES string of the molecule is O=C(O)c1ccccc1-c1c2ccc(=O)c(N(Cc3ccccn3)c3ccccn3)c-2oc2c(CN(Cc3ccccn3)c3ccccn3)cc(Cl)cc12. The number of aromatic carboxylic acids is 1. The van der Waals surface area contributed by atoms with Crippen LogP contribution in [0.4, 0.5) is 17.3 Å². The van der Waals surface area contributed by atoms with Gasteiger partial charge < -0.3 is 19.3 Å². The van der Waals surface area contributed by atoms with Crippen LogP contribution in [-0.4, -0.2) is 31.0 Å². The van der Waals surface area contributed by atoms with E-state index in [0.717, 1.165) is 5.69 Å². The number of fused-ring (bicyclic) bond motifs is 2. The lowest BCUT2D eigenvalue weighted by atomic mass is 9.89. The summed E-state index contributed by atoms with van der Waals surface area (Å²) in [5.41, 5.74) is 4.16. The predicted molar refractivity (Wildman–Crippen MR) is 209 cm³/mol. The number of pyridine rings is 4. The number of hydrogen-bond donors (Lipinski definition) is 1. The second kappa shape index (κ2) is 15.0. The van der Waals surface area contributed by atoms with Gasteiger partial charge in [0.1, 0.15) is 22.9 Å². The first-order valence-corrected chi connectivity index (χ1v) is 17.5. The molecule has 54 heavy (non-hydrogen) atoms. The van der Waals surface area contributed by atoms with Gasteiger partial charge in [-0.05, 0) is 84.4 Å². The average molecular weight is 731 g/mol. The predicted octanol–water partition coefficient (Wildman–Crippen LogP) is 9.04. The molecule has 10 nitrogen and oxygen atoms in total. The van der Waals surface area contributed by atoms with Crippen LogP contribution in [0.15, 0.2) is 155 Å². The zero-order chi connectivity index (χ0) is 37.0. The second-order valence-corrected chi connectivity index (χ2v) is 13.0. The first kappa shape index (κ1) is 34.2. The van der Waals surface area contributed by atoms with E-state index in [9.17, 15) is 14.7 Å². The molecule has 11 heteroatoms. The van der Waals surface area contributed by atoms with E-state index < -0.39 is 5.97 Å². The largest absolute Gasteiger partial charge is 0.478 e. The summed E-state index contributed by atoms with van der Waals surface area (Å²) in [6.45, 7) is 0.900. The Balaban J connectivity index is 1.43. The third-order valence-corrected chi connectivity index (χ3v) is 9.27. The van der Waals surface area contributed by atoms with Gasteiger partial charge in [-0.2, -0.15) is 0 Å². The number of carboxylic acids is 1. The summed E-state index contributed by atoms with van der Waals surface area (Å²) in [4.78, 5) is 49.2. The Bertz CT molecular complexity index is 2610. The molecule has 0 spiro atoms. The number of aromatic nitrogens is 4. The van der Waals surface area contributed by atoms with Gasteiger partial charge >= 0.3 is 5.97 Å². The molecule has 2 aromatic carbocycles. The highest BCUT2D eigenvalue weighted by atomic mass is 35.5. The summed E-state index contributed by atoms with van der Waals surface area (Å²) in [6, 6.07) is 36.0. The van der Waals surface area contributed by atoms with Crippen LogP contribution in [0.5, 0.6) is 0 Å². The zero-order valence-corrected chi connectivity index (χ0v) is 29.5. The van der Waals surface area contributed by atoms with E-state index in [4.69, 9.17) is 16.0 Å². The molecule has 1 aliphatic heterocycles. The van der Waals surface area contributed by atoms with E-state index >= 15 is 0 Å². The van der Waals surface area contributed by atoms with Gasteiger partial charge in [0.05, 0.1) is 30.0 Å². The smallest absolute Gasteiger partial charge is 0.336 e. The Morgan fingerprint density at radius 1 is 0.667 bits per heavy atom. The van der Waals surface area contributed by atoms with Crippen molar-refractivity contribution in [2.24, 2.45) is 0 Å². The maximum atomic E-state index is 14.2. The van der Waals surface area contributed by atoms with Crippen molar-refractivity contribution in [2.45, 2.75) is 19.6 Å². The summed E-state index contributed by atoms with van der Waals surface area (Å²) in [5, 5.41) is 11.4. The fourth-order valence-corrected chi connectivity index (χ4v) is 6.94. The number of halogens is 1. The highest BCUT2D eigenvalue weighted by Crippen LogP contribution is 2.47. The van der Waals surface area contributed by atoms with Crippen molar-refractivity contribution in [1.29, 1.82) is 0 Å². The summed E-state index contributed by atoms with van der Waals surface area (Å²) in [6.07, 6.45) is 6.83. The summed E-state index contributed by atoms with van der Waals surface area (Å²) < 4.78 is 6.98. The molecule has 4 aromatic heterocycles. The highest BCUT2D eigenvalue weighted by Gasteiger charge is 2.30. The number of rotatable bonds is 11. The van der Waals surface area contributed by atoms with Crippen molar-refractivity contribution in [3.63, 3.8) is 0 Å². The van der Waals surface area contributed by atoms with Gasteiger partial charge in [-0.3, -0.25) is 14.8 Å². The Labute approximate surface area is 315 Å². The molecule has 0 radical (unpaired) electrons. The van der Waals surface area contributed by atoms with Crippen molar-refractivity contribution in [2.75, 3.05) is 9.80 Å². The molecule has 0 fully saturated rings. The van der Waals surface area contributed by atoms with Crippen LogP contribution in [0.25, 0.3) is 33.4 Å². The summed E-state index contributed by atoms with van der Waals surface area (Å²) in [7, 11) is 0. The van der Waals surface area contributed by atoms with E-state index in [-0.39, 0.29) is 35.5 Å².